The highest BCUT2D eigenvalue weighted by atomic mass is 16.5. The number of carbonyl (C=O) groups excluding carboxylic acids is 1. The smallest absolute Gasteiger partial charge is 0.248 e. The fourth-order valence-electron chi connectivity index (χ4n) is 2.35. The van der Waals surface area contributed by atoms with Gasteiger partial charge in [0.25, 0.3) is 0 Å². The van der Waals surface area contributed by atoms with Crippen molar-refractivity contribution in [1.29, 1.82) is 5.26 Å². The number of hydrogen-bond acceptors (Lipinski definition) is 3. The second-order valence-corrected chi connectivity index (χ2v) is 6.28. The predicted molar refractivity (Wildman–Crippen MR) is 105 cm³/mol. The van der Waals surface area contributed by atoms with Gasteiger partial charge in [0.05, 0.1) is 12.7 Å². The van der Waals surface area contributed by atoms with Crippen LogP contribution in [0.15, 0.2) is 54.6 Å². The van der Waals surface area contributed by atoms with E-state index in [-0.39, 0.29) is 5.91 Å². The van der Waals surface area contributed by atoms with Crippen molar-refractivity contribution in [2.75, 3.05) is 11.9 Å². The number of nitrogens with zero attached hydrogens (tertiary/aromatic N) is 1. The molecule has 2 rings (SSSR count). The van der Waals surface area contributed by atoms with Crippen LogP contribution in [0.4, 0.5) is 5.69 Å². The van der Waals surface area contributed by atoms with Crippen LogP contribution in [0.2, 0.25) is 0 Å². The summed E-state index contributed by atoms with van der Waals surface area (Å²) in [4.78, 5) is 12.1. The highest BCUT2D eigenvalue weighted by Gasteiger charge is 2.01. The number of anilines is 1. The van der Waals surface area contributed by atoms with Gasteiger partial charge in [-0.25, -0.2) is 0 Å². The molecule has 0 saturated carbocycles. The van der Waals surface area contributed by atoms with Gasteiger partial charge in [0.1, 0.15) is 5.75 Å². The van der Waals surface area contributed by atoms with E-state index >= 15 is 0 Å². The molecule has 0 aliphatic rings. The van der Waals surface area contributed by atoms with Crippen molar-refractivity contribution in [3.8, 4) is 11.8 Å². The van der Waals surface area contributed by atoms with Crippen LogP contribution in [-0.2, 0) is 4.79 Å². The summed E-state index contributed by atoms with van der Waals surface area (Å²) >= 11 is 0. The third-order valence-corrected chi connectivity index (χ3v) is 3.83. The van der Waals surface area contributed by atoms with Gasteiger partial charge in [-0.3, -0.25) is 4.79 Å². The van der Waals surface area contributed by atoms with E-state index in [1.807, 2.05) is 30.3 Å². The molecule has 0 radical (unpaired) electrons. The van der Waals surface area contributed by atoms with E-state index in [4.69, 9.17) is 10.00 Å². The maximum absolute atomic E-state index is 12.1. The zero-order chi connectivity index (χ0) is 18.8. The third-order valence-electron chi connectivity index (χ3n) is 3.83. The fourth-order valence-corrected chi connectivity index (χ4v) is 2.35. The first-order valence-corrected chi connectivity index (χ1v) is 8.77. The minimum Gasteiger partial charge on any atom is -0.493 e. The lowest BCUT2D eigenvalue weighted by Crippen LogP contribution is -2.08. The van der Waals surface area contributed by atoms with Crippen molar-refractivity contribution in [3.63, 3.8) is 0 Å². The summed E-state index contributed by atoms with van der Waals surface area (Å²) in [7, 11) is 0. The Kier molecular flexibility index (Phi) is 7.45. The van der Waals surface area contributed by atoms with Crippen molar-refractivity contribution in [2.24, 2.45) is 0 Å². The maximum atomic E-state index is 12.1. The molecule has 1 amide bonds. The number of rotatable bonds is 8. The monoisotopic (exact) mass is 348 g/mol. The van der Waals surface area contributed by atoms with E-state index in [2.05, 4.69) is 37.4 Å². The first kappa shape index (κ1) is 19.3. The van der Waals surface area contributed by atoms with E-state index in [0.29, 0.717) is 36.8 Å². The molecule has 0 heterocycles. The summed E-state index contributed by atoms with van der Waals surface area (Å²) < 4.78 is 5.57. The van der Waals surface area contributed by atoms with Crippen LogP contribution in [0, 0.1) is 11.3 Å². The average molecular weight is 348 g/mol. The van der Waals surface area contributed by atoms with Gasteiger partial charge in [-0.1, -0.05) is 44.2 Å². The van der Waals surface area contributed by atoms with Crippen molar-refractivity contribution < 1.29 is 9.53 Å². The summed E-state index contributed by atoms with van der Waals surface area (Å²) in [5, 5.41) is 11.3. The van der Waals surface area contributed by atoms with Crippen LogP contribution in [0.5, 0.6) is 5.75 Å². The highest BCUT2D eigenvalue weighted by Crippen LogP contribution is 2.18. The summed E-state index contributed by atoms with van der Waals surface area (Å²) in [5.74, 6) is 0.972. The second kappa shape index (κ2) is 10.0. The zero-order valence-corrected chi connectivity index (χ0v) is 15.2. The van der Waals surface area contributed by atoms with Crippen molar-refractivity contribution >= 4 is 17.7 Å². The fraction of sp³-hybridized carbons (Fsp3) is 0.273. The lowest BCUT2D eigenvalue weighted by molar-refractivity contribution is -0.111. The molecule has 0 saturated heterocycles. The molecule has 2 aromatic rings. The number of ether oxygens (including phenoxy) is 1. The maximum Gasteiger partial charge on any atom is 0.248 e. The van der Waals surface area contributed by atoms with Gasteiger partial charge >= 0.3 is 0 Å². The Labute approximate surface area is 155 Å². The molecule has 4 nitrogen and oxygen atoms in total. The molecule has 2 aromatic carbocycles. The molecular formula is C22H24N2O2. The number of carbonyl (C=O) groups is 1. The lowest BCUT2D eigenvalue weighted by Gasteiger charge is -2.07. The molecular weight excluding hydrogens is 324 g/mol. The quantitative estimate of drug-likeness (QED) is 0.530. The van der Waals surface area contributed by atoms with Crippen LogP contribution < -0.4 is 10.1 Å². The number of hydrogen-bond donors (Lipinski definition) is 1. The van der Waals surface area contributed by atoms with Gasteiger partial charge in [-0.05, 0) is 41.7 Å². The molecule has 0 unspecified atom stereocenters. The van der Waals surface area contributed by atoms with E-state index in [1.165, 1.54) is 11.6 Å². The van der Waals surface area contributed by atoms with E-state index in [0.717, 1.165) is 5.56 Å². The molecule has 0 fully saturated rings. The largest absolute Gasteiger partial charge is 0.493 e. The zero-order valence-electron chi connectivity index (χ0n) is 15.2. The Morgan fingerprint density at radius 1 is 1.23 bits per heavy atom. The Hall–Kier alpha value is -3.06. The SMILES string of the molecule is CC(C)c1ccc(C=CC(=O)Nc2cccc(OCCCC#N)c2)cc1. The molecule has 26 heavy (non-hydrogen) atoms. The summed E-state index contributed by atoms with van der Waals surface area (Å²) in [6, 6.07) is 17.5. The van der Waals surface area contributed by atoms with Crippen LogP contribution in [0.25, 0.3) is 6.08 Å². The Bertz CT molecular complexity index is 787. The summed E-state index contributed by atoms with van der Waals surface area (Å²) in [5.41, 5.74) is 2.94. The first-order chi connectivity index (χ1) is 12.6. The van der Waals surface area contributed by atoms with Crippen LogP contribution in [0.1, 0.15) is 43.7 Å². The van der Waals surface area contributed by atoms with Crippen molar-refractivity contribution in [1.82, 2.24) is 0 Å². The Morgan fingerprint density at radius 2 is 2.00 bits per heavy atom. The van der Waals surface area contributed by atoms with E-state index in [9.17, 15) is 4.79 Å². The molecule has 1 N–H and O–H groups in total. The van der Waals surface area contributed by atoms with Gasteiger partial charge in [-0.2, -0.15) is 5.26 Å². The highest BCUT2D eigenvalue weighted by molar-refractivity contribution is 6.02. The Balaban J connectivity index is 1.89. The topological polar surface area (TPSA) is 62.1 Å². The first-order valence-electron chi connectivity index (χ1n) is 8.77. The van der Waals surface area contributed by atoms with Crippen LogP contribution in [0.3, 0.4) is 0 Å². The number of amides is 1. The molecule has 0 aromatic heterocycles. The normalized spacial score (nSPS) is 10.7. The molecule has 0 aliphatic carbocycles. The molecule has 0 spiro atoms. The van der Waals surface area contributed by atoms with Crippen LogP contribution in [-0.4, -0.2) is 12.5 Å². The summed E-state index contributed by atoms with van der Waals surface area (Å²) in [6.45, 7) is 4.79. The Morgan fingerprint density at radius 3 is 2.69 bits per heavy atom. The van der Waals surface area contributed by atoms with Gasteiger partial charge in [0.2, 0.25) is 5.91 Å². The van der Waals surface area contributed by atoms with Crippen LogP contribution >= 0.6 is 0 Å². The molecule has 134 valence electrons. The minimum absolute atomic E-state index is 0.195. The number of nitrogens with one attached hydrogen (secondary N) is 1. The van der Waals surface area contributed by atoms with Gasteiger partial charge in [0.15, 0.2) is 0 Å². The molecule has 0 bridgehead atoms. The standard InChI is InChI=1S/C22H24N2O2/c1-17(2)19-11-8-18(9-12-19)10-13-22(25)24-20-6-5-7-21(16-20)26-15-4-3-14-23/h5-13,16-17H,3-4,15H2,1-2H3,(H,24,25). The average Bonchev–Trinajstić information content (AvgIpc) is 2.64. The van der Waals surface area contributed by atoms with E-state index < -0.39 is 0 Å². The van der Waals surface area contributed by atoms with Gasteiger partial charge in [0, 0.05) is 24.3 Å². The van der Waals surface area contributed by atoms with Gasteiger partial charge in [-0.15, -0.1) is 0 Å². The molecule has 0 atom stereocenters. The van der Waals surface area contributed by atoms with Crippen molar-refractivity contribution in [2.45, 2.75) is 32.6 Å². The molecule has 0 aliphatic heterocycles. The third kappa shape index (κ3) is 6.45. The minimum atomic E-state index is -0.195. The van der Waals surface area contributed by atoms with Crippen molar-refractivity contribution in [3.05, 3.63) is 65.7 Å². The number of unbranched alkanes of at least 4 members (excludes halogenated alkanes) is 1. The number of nitriles is 1. The van der Waals surface area contributed by atoms with Gasteiger partial charge < -0.3 is 10.1 Å². The lowest BCUT2D eigenvalue weighted by atomic mass is 10.0. The van der Waals surface area contributed by atoms with E-state index in [1.54, 1.807) is 12.1 Å². The summed E-state index contributed by atoms with van der Waals surface area (Å²) in [6.07, 6.45) is 4.47. The second-order valence-electron chi connectivity index (χ2n) is 6.28. The number of benzene rings is 2. The molecule has 4 heteroatoms. The predicted octanol–water partition coefficient (Wildman–Crippen LogP) is 5.14.